The molecule has 268 valence electrons. The van der Waals surface area contributed by atoms with Crippen molar-refractivity contribution in [3.63, 3.8) is 0 Å². The number of carbonyl (C=O) groups excluding carboxylic acids is 3. The molecule has 2 aliphatic heterocycles. The first kappa shape index (κ1) is 37.3. The normalized spacial score (nSPS) is 14.9. The van der Waals surface area contributed by atoms with Gasteiger partial charge in [-0.25, -0.2) is 4.72 Å². The van der Waals surface area contributed by atoms with Crippen molar-refractivity contribution in [1.82, 2.24) is 18.8 Å². The van der Waals surface area contributed by atoms with E-state index in [9.17, 15) is 27.6 Å². The molecule has 2 heterocycles. The maximum absolute atomic E-state index is 13.0. The van der Waals surface area contributed by atoms with Crippen molar-refractivity contribution >= 4 is 33.9 Å². The summed E-state index contributed by atoms with van der Waals surface area (Å²) in [6.07, 6.45) is 0.301. The van der Waals surface area contributed by atoms with Gasteiger partial charge in [0.2, 0.25) is 17.7 Å². The number of carboxylic acid groups (broad SMARTS) is 1. The molecule has 0 bridgehead atoms. The second kappa shape index (κ2) is 15.8. The smallest absolute Gasteiger partial charge is 0.306 e. The van der Waals surface area contributed by atoms with E-state index in [2.05, 4.69) is 0 Å². The molecule has 0 fully saturated rings. The maximum Gasteiger partial charge on any atom is 0.306 e. The van der Waals surface area contributed by atoms with E-state index in [1.807, 2.05) is 29.0 Å². The van der Waals surface area contributed by atoms with Gasteiger partial charge < -0.3 is 33.9 Å². The van der Waals surface area contributed by atoms with Crippen molar-refractivity contribution in [3.05, 3.63) is 46.5 Å². The summed E-state index contributed by atoms with van der Waals surface area (Å²) in [5, 5.41) is 9.15. The van der Waals surface area contributed by atoms with Crippen LogP contribution in [0, 0.1) is 11.8 Å². The third-order valence-corrected chi connectivity index (χ3v) is 9.89. The SMILES string of the molecule is COc1cc2c(cc1OCCCOc1cc3c(cc1OC)CN(C(=O)C[C@H](C)C(=O)NS(=O)(=O)N(C)C)C3)CN(C(=O)C[C@H](C)C(=O)O)C2. The average molecular weight is 705 g/mol. The third kappa shape index (κ3) is 9.12. The van der Waals surface area contributed by atoms with Crippen LogP contribution in [-0.2, 0) is 55.6 Å². The van der Waals surface area contributed by atoms with Crippen molar-refractivity contribution < 1.29 is 51.6 Å². The molecular formula is C33H44N4O11S. The zero-order valence-electron chi connectivity index (χ0n) is 28.6. The summed E-state index contributed by atoms with van der Waals surface area (Å²) in [4.78, 5) is 52.4. The molecule has 0 spiro atoms. The van der Waals surface area contributed by atoms with Gasteiger partial charge in [-0.1, -0.05) is 13.8 Å². The van der Waals surface area contributed by atoms with Gasteiger partial charge >= 0.3 is 16.2 Å². The summed E-state index contributed by atoms with van der Waals surface area (Å²) in [5.74, 6) is -1.80. The molecule has 0 saturated carbocycles. The van der Waals surface area contributed by atoms with E-state index < -0.39 is 33.9 Å². The second-order valence-corrected chi connectivity index (χ2v) is 14.3. The Bertz CT molecular complexity index is 1700. The number of hydrogen-bond donors (Lipinski definition) is 2. The molecule has 4 rings (SSSR count). The number of carboxylic acids is 1. The molecule has 2 atom stereocenters. The van der Waals surface area contributed by atoms with Gasteiger partial charge in [-0.2, -0.15) is 12.7 Å². The van der Waals surface area contributed by atoms with Crippen LogP contribution in [0.1, 0.15) is 55.4 Å². The maximum atomic E-state index is 13.0. The zero-order chi connectivity index (χ0) is 36.0. The Morgan fingerprint density at radius 3 is 1.51 bits per heavy atom. The molecule has 0 unspecified atom stereocenters. The number of carbonyl (C=O) groups is 4. The lowest BCUT2D eigenvalue weighted by atomic mass is 10.1. The number of methoxy groups -OCH3 is 2. The molecule has 0 aromatic heterocycles. The van der Waals surface area contributed by atoms with Crippen LogP contribution in [0.5, 0.6) is 23.0 Å². The molecular weight excluding hydrogens is 660 g/mol. The van der Waals surface area contributed by atoms with Crippen LogP contribution >= 0.6 is 0 Å². The third-order valence-electron chi connectivity index (χ3n) is 8.47. The Balaban J connectivity index is 1.28. The highest BCUT2D eigenvalue weighted by Crippen LogP contribution is 2.37. The highest BCUT2D eigenvalue weighted by molar-refractivity contribution is 7.87. The Hall–Kier alpha value is -4.57. The van der Waals surface area contributed by atoms with Crippen molar-refractivity contribution in [2.24, 2.45) is 11.8 Å². The van der Waals surface area contributed by atoms with E-state index in [1.165, 1.54) is 42.2 Å². The Labute approximate surface area is 286 Å². The van der Waals surface area contributed by atoms with Gasteiger partial charge in [0.25, 0.3) is 0 Å². The van der Waals surface area contributed by atoms with E-state index in [4.69, 9.17) is 24.1 Å². The zero-order valence-corrected chi connectivity index (χ0v) is 29.4. The lowest BCUT2D eigenvalue weighted by Gasteiger charge is -2.19. The van der Waals surface area contributed by atoms with E-state index in [-0.39, 0.29) is 24.7 Å². The predicted octanol–water partition coefficient (Wildman–Crippen LogP) is 2.30. The molecule has 3 amide bonds. The second-order valence-electron chi connectivity index (χ2n) is 12.4. The Morgan fingerprint density at radius 2 is 1.14 bits per heavy atom. The Morgan fingerprint density at radius 1 is 0.755 bits per heavy atom. The first-order valence-electron chi connectivity index (χ1n) is 15.8. The number of ether oxygens (including phenoxy) is 4. The van der Waals surface area contributed by atoms with Crippen LogP contribution in [0.15, 0.2) is 24.3 Å². The molecule has 15 nitrogen and oxygen atoms in total. The molecule has 2 aromatic carbocycles. The highest BCUT2D eigenvalue weighted by atomic mass is 32.2. The summed E-state index contributed by atoms with van der Waals surface area (Å²) >= 11 is 0. The molecule has 49 heavy (non-hydrogen) atoms. The minimum Gasteiger partial charge on any atom is -0.493 e. The van der Waals surface area contributed by atoms with Gasteiger partial charge in [0.15, 0.2) is 23.0 Å². The van der Waals surface area contributed by atoms with Crippen LogP contribution < -0.4 is 23.7 Å². The van der Waals surface area contributed by atoms with Crippen molar-refractivity contribution in [2.75, 3.05) is 41.5 Å². The number of nitrogens with one attached hydrogen (secondary N) is 1. The summed E-state index contributed by atoms with van der Waals surface area (Å²) in [6.45, 7) is 4.99. The highest BCUT2D eigenvalue weighted by Gasteiger charge is 2.30. The number of amides is 3. The quantitative estimate of drug-likeness (QED) is 0.245. The van der Waals surface area contributed by atoms with Gasteiger partial charge in [0.1, 0.15) is 0 Å². The molecule has 16 heteroatoms. The first-order chi connectivity index (χ1) is 23.1. The largest absolute Gasteiger partial charge is 0.493 e. The number of benzene rings is 2. The van der Waals surface area contributed by atoms with E-state index in [0.29, 0.717) is 68.8 Å². The summed E-state index contributed by atoms with van der Waals surface area (Å²) in [6, 6.07) is 7.33. The van der Waals surface area contributed by atoms with E-state index in [0.717, 1.165) is 26.6 Å². The minimum atomic E-state index is -3.95. The average Bonchev–Trinajstić information content (AvgIpc) is 3.67. The van der Waals surface area contributed by atoms with Crippen molar-refractivity contribution in [2.45, 2.75) is 59.3 Å². The van der Waals surface area contributed by atoms with Crippen LogP contribution in [0.4, 0.5) is 0 Å². The lowest BCUT2D eigenvalue weighted by molar-refractivity contribution is -0.145. The summed E-state index contributed by atoms with van der Waals surface area (Å²) in [7, 11) is 1.71. The Kier molecular flexibility index (Phi) is 12.0. The molecule has 0 radical (unpaired) electrons. The fraction of sp³-hybridized carbons (Fsp3) is 0.515. The molecule has 0 saturated heterocycles. The fourth-order valence-electron chi connectivity index (χ4n) is 5.41. The number of fused-ring (bicyclic) bond motifs is 2. The van der Waals surface area contributed by atoms with Crippen molar-refractivity contribution in [1.29, 1.82) is 0 Å². The number of rotatable bonds is 16. The van der Waals surface area contributed by atoms with Crippen LogP contribution in [0.25, 0.3) is 0 Å². The molecule has 2 aromatic rings. The van der Waals surface area contributed by atoms with Gasteiger partial charge in [-0.05, 0) is 46.5 Å². The standard InChI is InChI=1S/C33H44N4O11S/c1-20(32(40)34-49(43,44)35(3)4)10-30(38)36-16-22-12-26(45-5)28(14-24(22)18-36)47-8-7-9-48-29-15-25-19-37(17-23(25)13-27(29)46-6)31(39)11-21(2)33(41)42/h12-15,20-21H,7-11,16-19H2,1-6H3,(H,34,40)(H,41,42)/t20-,21-/m0/s1. The van der Waals surface area contributed by atoms with Crippen LogP contribution in [-0.4, -0.2) is 92.8 Å². The molecule has 2 aliphatic rings. The minimum absolute atomic E-state index is 0.0675. The van der Waals surface area contributed by atoms with Gasteiger partial charge in [-0.3, -0.25) is 19.2 Å². The fourth-order valence-corrected chi connectivity index (χ4v) is 6.05. The van der Waals surface area contributed by atoms with Crippen molar-refractivity contribution in [3.8, 4) is 23.0 Å². The first-order valence-corrected chi connectivity index (χ1v) is 17.2. The van der Waals surface area contributed by atoms with E-state index in [1.54, 1.807) is 9.80 Å². The predicted molar refractivity (Wildman–Crippen MR) is 176 cm³/mol. The number of aliphatic carboxylic acids is 1. The van der Waals surface area contributed by atoms with Gasteiger partial charge in [0.05, 0.1) is 33.4 Å². The molecule has 0 aliphatic carbocycles. The summed E-state index contributed by atoms with van der Waals surface area (Å²) in [5.41, 5.74) is 3.59. The van der Waals surface area contributed by atoms with E-state index >= 15 is 0 Å². The topological polar surface area (TPSA) is 181 Å². The van der Waals surface area contributed by atoms with Crippen LogP contribution in [0.3, 0.4) is 0 Å². The number of hydrogen-bond acceptors (Lipinski definition) is 10. The van der Waals surface area contributed by atoms with Gasteiger partial charge in [-0.15, -0.1) is 0 Å². The summed E-state index contributed by atoms with van der Waals surface area (Å²) < 4.78 is 49.9. The monoisotopic (exact) mass is 704 g/mol. The number of nitrogens with zero attached hydrogens (tertiary/aromatic N) is 3. The van der Waals surface area contributed by atoms with Crippen LogP contribution in [0.2, 0.25) is 0 Å². The lowest BCUT2D eigenvalue weighted by Crippen LogP contribution is -2.42. The molecule has 2 N–H and O–H groups in total. The van der Waals surface area contributed by atoms with Gasteiger partial charge in [0, 0.05) is 65.5 Å².